The Morgan fingerprint density at radius 3 is 2.39 bits per heavy atom. The Balaban J connectivity index is 3.37. The highest BCUT2D eigenvalue weighted by molar-refractivity contribution is 5.62. The Bertz CT molecular complexity index is 562. The van der Waals surface area contributed by atoms with Gasteiger partial charge in [0.2, 0.25) is 0 Å². The van der Waals surface area contributed by atoms with Crippen molar-refractivity contribution < 1.29 is 4.74 Å². The fraction of sp³-hybridized carbons (Fsp3) is 0.294. The van der Waals surface area contributed by atoms with E-state index in [4.69, 9.17) is 4.74 Å². The van der Waals surface area contributed by atoms with E-state index in [1.807, 2.05) is 38.1 Å². The fourth-order valence-electron chi connectivity index (χ4n) is 1.87. The van der Waals surface area contributed by atoms with Gasteiger partial charge in [0.15, 0.2) is 0 Å². The van der Waals surface area contributed by atoms with E-state index < -0.39 is 0 Å². The molecule has 1 heteroatoms. The maximum atomic E-state index is 5.73. The minimum absolute atomic E-state index is 0.338. The number of hydrogen-bond acceptors (Lipinski definition) is 1. The predicted molar refractivity (Wildman–Crippen MR) is 79.1 cm³/mol. The number of hydrogen-bond donors (Lipinski definition) is 0. The monoisotopic (exact) mass is 242 g/mol. The first-order valence-electron chi connectivity index (χ1n) is 6.25. The number of benzene rings is 1. The van der Waals surface area contributed by atoms with Gasteiger partial charge in [-0.2, -0.15) is 0 Å². The van der Waals surface area contributed by atoms with Crippen molar-refractivity contribution in [1.82, 2.24) is 0 Å². The predicted octanol–water partition coefficient (Wildman–Crippen LogP) is 3.36. The van der Waals surface area contributed by atoms with Gasteiger partial charge < -0.3 is 4.74 Å². The molecule has 1 rings (SSSR count). The highest BCUT2D eigenvalue weighted by atomic mass is 16.5. The number of rotatable bonds is 4. The Morgan fingerprint density at radius 2 is 1.89 bits per heavy atom. The minimum Gasteiger partial charge on any atom is -0.463 e. The lowest BCUT2D eigenvalue weighted by atomic mass is 9.98. The van der Waals surface area contributed by atoms with Crippen LogP contribution in [-0.4, -0.2) is 0 Å². The van der Waals surface area contributed by atoms with Crippen LogP contribution in [0, 0.1) is 5.92 Å². The molecule has 0 bridgehead atoms. The number of ether oxygens (including phenoxy) is 1. The van der Waals surface area contributed by atoms with Crippen LogP contribution in [0.5, 0.6) is 0 Å². The molecule has 0 saturated carbocycles. The third-order valence-electron chi connectivity index (χ3n) is 2.88. The zero-order valence-corrected chi connectivity index (χ0v) is 11.8. The van der Waals surface area contributed by atoms with E-state index in [0.29, 0.717) is 11.7 Å². The van der Waals surface area contributed by atoms with Crippen molar-refractivity contribution in [2.45, 2.75) is 27.7 Å². The maximum Gasteiger partial charge on any atom is 0.123 e. The largest absolute Gasteiger partial charge is 0.463 e. The quantitative estimate of drug-likeness (QED) is 0.736. The second-order valence-electron chi connectivity index (χ2n) is 4.65. The zero-order chi connectivity index (χ0) is 13.7. The van der Waals surface area contributed by atoms with Gasteiger partial charge in [0, 0.05) is 5.57 Å². The summed E-state index contributed by atoms with van der Waals surface area (Å²) in [5.41, 5.74) is 1.11. The Morgan fingerprint density at radius 1 is 1.28 bits per heavy atom. The van der Waals surface area contributed by atoms with Crippen molar-refractivity contribution in [3.8, 4) is 0 Å². The molecule has 18 heavy (non-hydrogen) atoms. The zero-order valence-electron chi connectivity index (χ0n) is 11.8. The third-order valence-corrected chi connectivity index (χ3v) is 2.88. The van der Waals surface area contributed by atoms with Crippen LogP contribution in [0.2, 0.25) is 0 Å². The third kappa shape index (κ3) is 3.36. The van der Waals surface area contributed by atoms with Gasteiger partial charge in [-0.15, -0.1) is 0 Å². The van der Waals surface area contributed by atoms with Crippen LogP contribution < -0.4 is 10.4 Å². The van der Waals surface area contributed by atoms with Crippen molar-refractivity contribution in [1.29, 1.82) is 0 Å². The van der Waals surface area contributed by atoms with Crippen LogP contribution in [0.4, 0.5) is 0 Å². The summed E-state index contributed by atoms with van der Waals surface area (Å²) in [5.74, 6) is 1.90. The maximum absolute atomic E-state index is 5.73. The first kappa shape index (κ1) is 14.3. The van der Waals surface area contributed by atoms with Crippen molar-refractivity contribution in [3.63, 3.8) is 0 Å². The average molecular weight is 242 g/mol. The molecule has 0 spiro atoms. The van der Waals surface area contributed by atoms with Crippen LogP contribution in [0.1, 0.15) is 27.7 Å². The summed E-state index contributed by atoms with van der Waals surface area (Å²) in [7, 11) is 0. The first-order chi connectivity index (χ1) is 8.47. The number of allylic oxidation sites excluding steroid dienone is 3. The summed E-state index contributed by atoms with van der Waals surface area (Å²) in [6.45, 7) is 16.3. The van der Waals surface area contributed by atoms with Gasteiger partial charge in [0.1, 0.15) is 5.76 Å². The van der Waals surface area contributed by atoms with Crippen LogP contribution in [-0.2, 0) is 4.74 Å². The lowest BCUT2D eigenvalue weighted by molar-refractivity contribution is 0.322. The van der Waals surface area contributed by atoms with Crippen LogP contribution in [0.25, 0.3) is 12.2 Å². The molecule has 0 N–H and O–H groups in total. The molecule has 1 aromatic carbocycles. The molecule has 96 valence electrons. The van der Waals surface area contributed by atoms with E-state index in [1.165, 1.54) is 0 Å². The molecule has 0 fully saturated rings. The smallest absolute Gasteiger partial charge is 0.123 e. The first-order valence-corrected chi connectivity index (χ1v) is 6.25. The average Bonchev–Trinajstić information content (AvgIpc) is 2.31. The SMILES string of the molecule is C=C(O/C(C)=C/C)/C(=c1/ccccc1=C)C(C)C. The van der Waals surface area contributed by atoms with Crippen LogP contribution in [0.3, 0.4) is 0 Å². The van der Waals surface area contributed by atoms with Gasteiger partial charge in [0.05, 0.1) is 5.76 Å². The molecule has 0 aliphatic carbocycles. The molecule has 0 atom stereocenters. The molecule has 0 aromatic heterocycles. The normalized spacial score (nSPS) is 13.5. The Hall–Kier alpha value is -1.76. The van der Waals surface area contributed by atoms with Crippen molar-refractivity contribution in [2.24, 2.45) is 5.92 Å². The molecule has 0 aliphatic rings. The molecule has 0 saturated heterocycles. The van der Waals surface area contributed by atoms with Crippen LogP contribution >= 0.6 is 0 Å². The molecule has 1 nitrogen and oxygen atoms in total. The van der Waals surface area contributed by atoms with E-state index in [1.54, 1.807) is 0 Å². The molecule has 1 aromatic rings. The van der Waals surface area contributed by atoms with Gasteiger partial charge in [-0.05, 0) is 36.3 Å². The van der Waals surface area contributed by atoms with E-state index in [9.17, 15) is 0 Å². The topological polar surface area (TPSA) is 9.23 Å². The molecular formula is C17H22O. The fourth-order valence-corrected chi connectivity index (χ4v) is 1.87. The summed E-state index contributed by atoms with van der Waals surface area (Å²) in [6, 6.07) is 8.08. The van der Waals surface area contributed by atoms with Gasteiger partial charge in [-0.25, -0.2) is 0 Å². The Kier molecular flexibility index (Phi) is 4.96. The van der Waals surface area contributed by atoms with Gasteiger partial charge in [-0.3, -0.25) is 0 Å². The van der Waals surface area contributed by atoms with Crippen molar-refractivity contribution in [3.05, 3.63) is 58.9 Å². The standard InChI is InChI=1S/C17H22O/c1-7-14(5)18-15(6)17(12(2)3)16-11-9-8-10-13(16)4/h7-12H,4,6H2,1-3,5H3/b14-7+,17-16-. The Labute approximate surface area is 110 Å². The molecular weight excluding hydrogens is 220 g/mol. The van der Waals surface area contributed by atoms with Gasteiger partial charge >= 0.3 is 0 Å². The second kappa shape index (κ2) is 6.25. The molecule has 0 radical (unpaired) electrons. The van der Waals surface area contributed by atoms with Crippen molar-refractivity contribution in [2.75, 3.05) is 0 Å². The summed E-state index contributed by atoms with van der Waals surface area (Å²) >= 11 is 0. The van der Waals surface area contributed by atoms with E-state index in [-0.39, 0.29) is 0 Å². The minimum atomic E-state index is 0.338. The second-order valence-corrected chi connectivity index (χ2v) is 4.65. The summed E-state index contributed by atoms with van der Waals surface area (Å²) in [6.07, 6.45) is 1.93. The van der Waals surface area contributed by atoms with Crippen LogP contribution in [0.15, 0.2) is 48.4 Å². The lowest BCUT2D eigenvalue weighted by Gasteiger charge is -2.16. The summed E-state index contributed by atoms with van der Waals surface area (Å²) < 4.78 is 5.73. The summed E-state index contributed by atoms with van der Waals surface area (Å²) in [4.78, 5) is 0. The highest BCUT2D eigenvalue weighted by Gasteiger charge is 2.11. The van der Waals surface area contributed by atoms with E-state index in [0.717, 1.165) is 21.8 Å². The molecule has 0 heterocycles. The van der Waals surface area contributed by atoms with E-state index in [2.05, 4.69) is 33.1 Å². The van der Waals surface area contributed by atoms with Gasteiger partial charge in [-0.1, -0.05) is 51.3 Å². The molecule has 0 unspecified atom stereocenters. The van der Waals surface area contributed by atoms with Gasteiger partial charge in [0.25, 0.3) is 0 Å². The summed E-state index contributed by atoms with van der Waals surface area (Å²) in [5, 5.41) is 2.12. The molecule has 0 amide bonds. The van der Waals surface area contributed by atoms with E-state index >= 15 is 0 Å². The lowest BCUT2D eigenvalue weighted by Crippen LogP contribution is -2.27. The van der Waals surface area contributed by atoms with Crippen molar-refractivity contribution >= 4 is 12.2 Å². The molecule has 0 aliphatic heterocycles. The highest BCUT2D eigenvalue weighted by Crippen LogP contribution is 2.21.